The fourth-order valence-corrected chi connectivity index (χ4v) is 3.05. The lowest BCUT2D eigenvalue weighted by Crippen LogP contribution is -2.40. The number of carbonyl (C=O) groups is 3. The molecule has 0 radical (unpaired) electrons. The van der Waals surface area contributed by atoms with Gasteiger partial charge in [0.2, 0.25) is 0 Å². The van der Waals surface area contributed by atoms with Gasteiger partial charge in [-0.25, -0.2) is 4.39 Å². The van der Waals surface area contributed by atoms with Crippen LogP contribution in [-0.2, 0) is 4.79 Å². The third kappa shape index (κ3) is 4.49. The molecule has 1 aliphatic heterocycles. The lowest BCUT2D eigenvalue weighted by Gasteiger charge is -2.30. The van der Waals surface area contributed by atoms with Crippen LogP contribution >= 0.6 is 0 Å². The summed E-state index contributed by atoms with van der Waals surface area (Å²) in [7, 11) is 0. The number of anilines is 1. The number of likely N-dealkylation sites (tertiary alicyclic amines) is 1. The summed E-state index contributed by atoms with van der Waals surface area (Å²) in [6.45, 7) is 0.782. The van der Waals surface area contributed by atoms with Crippen LogP contribution in [0.2, 0.25) is 0 Å². The molecule has 1 aliphatic rings. The van der Waals surface area contributed by atoms with Gasteiger partial charge in [-0.2, -0.15) is 0 Å². The molecule has 140 valence electrons. The lowest BCUT2D eigenvalue weighted by molar-refractivity contribution is -0.143. The van der Waals surface area contributed by atoms with E-state index in [0.29, 0.717) is 42.7 Å². The zero-order valence-corrected chi connectivity index (χ0v) is 14.5. The van der Waals surface area contributed by atoms with Crippen LogP contribution in [0, 0.1) is 11.7 Å². The Morgan fingerprint density at radius 1 is 1.00 bits per heavy atom. The fraction of sp³-hybridized carbons (Fsp3) is 0.250. The summed E-state index contributed by atoms with van der Waals surface area (Å²) < 4.78 is 13.0. The molecular weight excluding hydrogens is 351 g/mol. The average Bonchev–Trinajstić information content (AvgIpc) is 2.68. The Kier molecular flexibility index (Phi) is 5.49. The maximum atomic E-state index is 13.0. The summed E-state index contributed by atoms with van der Waals surface area (Å²) in [5.41, 5.74) is 1.18. The maximum absolute atomic E-state index is 13.0. The number of halogens is 1. The average molecular weight is 370 g/mol. The van der Waals surface area contributed by atoms with Crippen molar-refractivity contribution in [3.05, 3.63) is 65.5 Å². The predicted molar refractivity (Wildman–Crippen MR) is 97.1 cm³/mol. The van der Waals surface area contributed by atoms with Crippen LogP contribution in [0.15, 0.2) is 48.5 Å². The first-order valence-corrected chi connectivity index (χ1v) is 8.63. The van der Waals surface area contributed by atoms with E-state index in [2.05, 4.69) is 5.32 Å². The Morgan fingerprint density at radius 2 is 1.67 bits per heavy atom. The summed E-state index contributed by atoms with van der Waals surface area (Å²) in [5, 5.41) is 11.7. The van der Waals surface area contributed by atoms with E-state index in [0.717, 1.165) is 0 Å². The molecule has 6 nitrogen and oxygen atoms in total. The van der Waals surface area contributed by atoms with Crippen molar-refractivity contribution in [3.8, 4) is 0 Å². The minimum absolute atomic E-state index is 0.197. The van der Waals surface area contributed by atoms with Gasteiger partial charge in [-0.1, -0.05) is 6.07 Å². The Hall–Kier alpha value is -3.22. The molecule has 2 N–H and O–H groups in total. The topological polar surface area (TPSA) is 86.7 Å². The molecule has 0 aromatic heterocycles. The number of benzene rings is 2. The number of nitrogens with one attached hydrogen (secondary N) is 1. The molecule has 0 bridgehead atoms. The highest BCUT2D eigenvalue weighted by molar-refractivity contribution is 6.05. The number of piperidine rings is 1. The molecule has 0 aliphatic carbocycles. The smallest absolute Gasteiger partial charge is 0.306 e. The second-order valence-electron chi connectivity index (χ2n) is 6.45. The monoisotopic (exact) mass is 370 g/mol. The molecule has 3 rings (SSSR count). The minimum Gasteiger partial charge on any atom is -0.481 e. The normalized spacial score (nSPS) is 14.6. The van der Waals surface area contributed by atoms with Crippen molar-refractivity contribution >= 4 is 23.5 Å². The van der Waals surface area contributed by atoms with Gasteiger partial charge in [-0.15, -0.1) is 0 Å². The van der Waals surface area contributed by atoms with Gasteiger partial charge in [-0.3, -0.25) is 14.4 Å². The molecular formula is C20H19FN2O4. The number of hydrogen-bond acceptors (Lipinski definition) is 3. The Labute approximate surface area is 155 Å². The van der Waals surface area contributed by atoms with Crippen LogP contribution in [0.25, 0.3) is 0 Å². The van der Waals surface area contributed by atoms with E-state index < -0.39 is 23.6 Å². The first-order chi connectivity index (χ1) is 12.9. The third-order valence-corrected chi connectivity index (χ3v) is 4.61. The molecule has 1 fully saturated rings. The van der Waals surface area contributed by atoms with Gasteiger partial charge >= 0.3 is 5.97 Å². The van der Waals surface area contributed by atoms with Crippen LogP contribution < -0.4 is 5.32 Å². The van der Waals surface area contributed by atoms with E-state index in [4.69, 9.17) is 5.11 Å². The van der Waals surface area contributed by atoms with Gasteiger partial charge in [0.05, 0.1) is 5.92 Å². The number of carboxylic acids is 1. The van der Waals surface area contributed by atoms with Crippen molar-refractivity contribution in [3.63, 3.8) is 0 Å². The molecule has 0 unspecified atom stereocenters. The first-order valence-electron chi connectivity index (χ1n) is 8.63. The van der Waals surface area contributed by atoms with Crippen LogP contribution in [0.1, 0.15) is 33.6 Å². The molecule has 0 saturated carbocycles. The van der Waals surface area contributed by atoms with Gasteiger partial charge in [0.1, 0.15) is 5.82 Å². The highest BCUT2D eigenvalue weighted by Crippen LogP contribution is 2.20. The number of amides is 2. The van der Waals surface area contributed by atoms with Crippen molar-refractivity contribution in [1.29, 1.82) is 0 Å². The quantitative estimate of drug-likeness (QED) is 0.866. The summed E-state index contributed by atoms with van der Waals surface area (Å²) in [6, 6.07) is 11.7. The summed E-state index contributed by atoms with van der Waals surface area (Å²) in [4.78, 5) is 37.5. The predicted octanol–water partition coefficient (Wildman–Crippen LogP) is 3.01. The van der Waals surface area contributed by atoms with Crippen LogP contribution in [0.5, 0.6) is 0 Å². The van der Waals surface area contributed by atoms with E-state index in [1.54, 1.807) is 29.2 Å². The molecule has 2 amide bonds. The standard InChI is InChI=1S/C20H19FN2O4/c21-16-6-4-13(5-7-16)18(24)22-17-3-1-2-15(12-17)19(25)23-10-8-14(9-11-23)20(26)27/h1-7,12,14H,8-11H2,(H,22,24)(H,26,27). The molecule has 0 spiro atoms. The van der Waals surface area contributed by atoms with Crippen molar-refractivity contribution < 1.29 is 23.9 Å². The highest BCUT2D eigenvalue weighted by Gasteiger charge is 2.27. The van der Waals surface area contributed by atoms with Gasteiger partial charge < -0.3 is 15.3 Å². The van der Waals surface area contributed by atoms with E-state index >= 15 is 0 Å². The maximum Gasteiger partial charge on any atom is 0.306 e. The summed E-state index contributed by atoms with van der Waals surface area (Å²) in [6.07, 6.45) is 0.865. The molecule has 27 heavy (non-hydrogen) atoms. The zero-order chi connectivity index (χ0) is 19.4. The third-order valence-electron chi connectivity index (χ3n) is 4.61. The van der Waals surface area contributed by atoms with Gasteiger partial charge in [0.25, 0.3) is 11.8 Å². The van der Waals surface area contributed by atoms with Crippen molar-refractivity contribution in [2.75, 3.05) is 18.4 Å². The number of rotatable bonds is 4. The second-order valence-corrected chi connectivity index (χ2v) is 6.45. The van der Waals surface area contributed by atoms with Gasteiger partial charge in [-0.05, 0) is 55.3 Å². The highest BCUT2D eigenvalue weighted by atomic mass is 19.1. The van der Waals surface area contributed by atoms with E-state index in [1.165, 1.54) is 24.3 Å². The minimum atomic E-state index is -0.826. The lowest BCUT2D eigenvalue weighted by atomic mass is 9.96. The molecule has 1 saturated heterocycles. The van der Waals surface area contributed by atoms with Crippen molar-refractivity contribution in [1.82, 2.24) is 4.90 Å². The van der Waals surface area contributed by atoms with E-state index in [9.17, 15) is 18.8 Å². The molecule has 0 atom stereocenters. The Balaban J connectivity index is 1.66. The molecule has 2 aromatic carbocycles. The SMILES string of the molecule is O=C(Nc1cccc(C(=O)N2CCC(C(=O)O)CC2)c1)c1ccc(F)cc1. The second kappa shape index (κ2) is 7.99. The number of nitrogens with zero attached hydrogens (tertiary/aromatic N) is 1. The molecule has 2 aromatic rings. The van der Waals surface area contributed by atoms with Gasteiger partial charge in [0, 0.05) is 29.9 Å². The Bertz CT molecular complexity index is 859. The number of carboxylic acid groups (broad SMARTS) is 1. The van der Waals surface area contributed by atoms with Crippen LogP contribution in [0.4, 0.5) is 10.1 Å². The molecule has 1 heterocycles. The number of carbonyl (C=O) groups excluding carboxylic acids is 2. The van der Waals surface area contributed by atoms with Crippen molar-refractivity contribution in [2.45, 2.75) is 12.8 Å². The Morgan fingerprint density at radius 3 is 2.30 bits per heavy atom. The summed E-state index contributed by atoms with van der Waals surface area (Å²) in [5.74, 6) is -2.26. The number of aliphatic carboxylic acids is 1. The zero-order valence-electron chi connectivity index (χ0n) is 14.5. The summed E-state index contributed by atoms with van der Waals surface area (Å²) >= 11 is 0. The van der Waals surface area contributed by atoms with Crippen molar-refractivity contribution in [2.24, 2.45) is 5.92 Å². The fourth-order valence-electron chi connectivity index (χ4n) is 3.05. The first kappa shape index (κ1) is 18.6. The van der Waals surface area contributed by atoms with Gasteiger partial charge in [0.15, 0.2) is 0 Å². The van der Waals surface area contributed by atoms with E-state index in [-0.39, 0.29) is 5.91 Å². The van der Waals surface area contributed by atoms with Crippen LogP contribution in [-0.4, -0.2) is 40.9 Å². The number of hydrogen-bond donors (Lipinski definition) is 2. The molecule has 7 heteroatoms. The van der Waals surface area contributed by atoms with Crippen LogP contribution in [0.3, 0.4) is 0 Å². The largest absolute Gasteiger partial charge is 0.481 e. The van der Waals surface area contributed by atoms with E-state index in [1.807, 2.05) is 0 Å².